The van der Waals surface area contributed by atoms with E-state index < -0.39 is 0 Å². The number of hydrogen-bond acceptors (Lipinski definition) is 4. The molecule has 1 aromatic carbocycles. The van der Waals surface area contributed by atoms with Crippen molar-refractivity contribution in [2.75, 3.05) is 18.5 Å². The van der Waals surface area contributed by atoms with Crippen LogP contribution in [0, 0.1) is 0 Å². The van der Waals surface area contributed by atoms with Crippen molar-refractivity contribution in [3.05, 3.63) is 52.4 Å². The van der Waals surface area contributed by atoms with E-state index in [9.17, 15) is 4.79 Å². The van der Waals surface area contributed by atoms with Crippen LogP contribution in [0.25, 0.3) is 0 Å². The minimum Gasteiger partial charge on any atom is -0.390 e. The van der Waals surface area contributed by atoms with E-state index >= 15 is 0 Å². The van der Waals surface area contributed by atoms with Gasteiger partial charge in [0.15, 0.2) is 0 Å². The molecule has 5 heteroatoms. The van der Waals surface area contributed by atoms with Crippen molar-refractivity contribution in [2.24, 2.45) is 0 Å². The maximum absolute atomic E-state index is 12.1. The van der Waals surface area contributed by atoms with E-state index in [0.29, 0.717) is 17.1 Å². The van der Waals surface area contributed by atoms with Crippen molar-refractivity contribution in [1.29, 1.82) is 0 Å². The Morgan fingerprint density at radius 2 is 2.10 bits per heavy atom. The molecular weight excluding hydrogens is 288 g/mol. The van der Waals surface area contributed by atoms with E-state index in [1.54, 1.807) is 11.8 Å². The normalized spacial score (nSPS) is 10.4. The summed E-state index contributed by atoms with van der Waals surface area (Å²) in [6.45, 7) is 0.621. The summed E-state index contributed by atoms with van der Waals surface area (Å²) in [6, 6.07) is 12.0. The Balaban J connectivity index is 1.88. The van der Waals surface area contributed by atoms with Crippen LogP contribution in [0.3, 0.4) is 0 Å². The third-order valence-electron chi connectivity index (χ3n) is 2.89. The number of thioether (sulfide) groups is 1. The van der Waals surface area contributed by atoms with Crippen LogP contribution in [-0.2, 0) is 12.2 Å². The highest BCUT2D eigenvalue weighted by Gasteiger charge is 2.13. The first-order valence-corrected chi connectivity index (χ1v) is 8.61. The Bertz CT molecular complexity index is 567. The van der Waals surface area contributed by atoms with Gasteiger partial charge in [0.05, 0.1) is 10.6 Å². The Hall–Kier alpha value is -1.46. The van der Waals surface area contributed by atoms with Gasteiger partial charge in [-0.2, -0.15) is 11.8 Å². The number of carbonyl (C=O) groups is 1. The Morgan fingerprint density at radius 3 is 2.80 bits per heavy atom. The third kappa shape index (κ3) is 4.02. The molecule has 3 N–H and O–H groups in total. The average molecular weight is 306 g/mol. The summed E-state index contributed by atoms with van der Waals surface area (Å²) < 4.78 is 0. The summed E-state index contributed by atoms with van der Waals surface area (Å²) in [5, 5.41) is 3.53. The zero-order valence-corrected chi connectivity index (χ0v) is 13.0. The first-order chi connectivity index (χ1) is 9.70. The molecule has 1 amide bonds. The number of amides is 1. The number of anilines is 1. The molecule has 0 unspecified atom stereocenters. The second-order valence-electron chi connectivity index (χ2n) is 4.42. The first-order valence-electron chi connectivity index (χ1n) is 6.40. The molecule has 0 fully saturated rings. The van der Waals surface area contributed by atoms with Gasteiger partial charge in [0.25, 0.3) is 5.91 Å². The van der Waals surface area contributed by atoms with Crippen molar-refractivity contribution >= 4 is 34.0 Å². The van der Waals surface area contributed by atoms with Gasteiger partial charge in [-0.3, -0.25) is 4.79 Å². The lowest BCUT2D eigenvalue weighted by Gasteiger charge is -2.04. The van der Waals surface area contributed by atoms with Crippen molar-refractivity contribution in [3.8, 4) is 0 Å². The van der Waals surface area contributed by atoms with Gasteiger partial charge in [-0.1, -0.05) is 30.3 Å². The van der Waals surface area contributed by atoms with Crippen LogP contribution in [0.1, 0.15) is 20.8 Å². The van der Waals surface area contributed by atoms with E-state index in [-0.39, 0.29) is 5.91 Å². The first kappa shape index (κ1) is 14.9. The maximum Gasteiger partial charge on any atom is 0.254 e. The van der Waals surface area contributed by atoms with Crippen LogP contribution >= 0.6 is 23.1 Å². The van der Waals surface area contributed by atoms with E-state index in [2.05, 4.69) is 17.4 Å². The molecule has 0 aliphatic rings. The summed E-state index contributed by atoms with van der Waals surface area (Å²) in [5.74, 6) is 0.814. The van der Waals surface area contributed by atoms with Crippen LogP contribution in [0.15, 0.2) is 36.4 Å². The number of carbonyl (C=O) groups excluding carboxylic acids is 1. The smallest absolute Gasteiger partial charge is 0.254 e. The fourth-order valence-electron chi connectivity index (χ4n) is 1.91. The van der Waals surface area contributed by atoms with E-state index in [4.69, 9.17) is 5.73 Å². The Labute approximate surface area is 127 Å². The van der Waals surface area contributed by atoms with Crippen molar-refractivity contribution in [3.63, 3.8) is 0 Å². The van der Waals surface area contributed by atoms with Crippen LogP contribution in [0.2, 0.25) is 0 Å². The van der Waals surface area contributed by atoms with Crippen molar-refractivity contribution in [2.45, 2.75) is 12.2 Å². The molecule has 20 heavy (non-hydrogen) atoms. The van der Waals surface area contributed by atoms with E-state index in [1.807, 2.05) is 30.5 Å². The van der Waals surface area contributed by atoms with Gasteiger partial charge >= 0.3 is 0 Å². The molecule has 3 nitrogen and oxygen atoms in total. The second kappa shape index (κ2) is 7.36. The molecule has 0 spiro atoms. The zero-order chi connectivity index (χ0) is 14.4. The summed E-state index contributed by atoms with van der Waals surface area (Å²) in [6.07, 6.45) is 2.86. The average Bonchev–Trinajstić information content (AvgIpc) is 2.81. The molecule has 0 saturated carbocycles. The van der Waals surface area contributed by atoms with Gasteiger partial charge < -0.3 is 11.1 Å². The molecule has 2 rings (SSSR count). The lowest BCUT2D eigenvalue weighted by atomic mass is 10.1. The molecule has 0 aliphatic heterocycles. The van der Waals surface area contributed by atoms with Crippen LogP contribution in [0.4, 0.5) is 5.00 Å². The van der Waals surface area contributed by atoms with Crippen molar-refractivity contribution < 1.29 is 4.79 Å². The van der Waals surface area contributed by atoms with Gasteiger partial charge in [0.1, 0.15) is 0 Å². The second-order valence-corrected chi connectivity index (χ2v) is 6.45. The highest BCUT2D eigenvalue weighted by Crippen LogP contribution is 2.27. The van der Waals surface area contributed by atoms with Crippen LogP contribution < -0.4 is 11.1 Å². The van der Waals surface area contributed by atoms with Gasteiger partial charge in [-0.05, 0) is 24.3 Å². The van der Waals surface area contributed by atoms with Gasteiger partial charge in [0.2, 0.25) is 0 Å². The number of hydrogen-bond donors (Lipinski definition) is 2. The standard InChI is InChI=1S/C15H18N2OS2/c1-19-10-12-9-13(14(16)20-12)15(18)17-8-7-11-5-3-2-4-6-11/h2-6,9H,7-8,10,16H2,1H3,(H,17,18). The van der Waals surface area contributed by atoms with Crippen LogP contribution in [0.5, 0.6) is 0 Å². The SMILES string of the molecule is CSCc1cc(C(=O)NCCc2ccccc2)c(N)s1. The fourth-order valence-corrected chi connectivity index (χ4v) is 3.59. The van der Waals surface area contributed by atoms with Crippen molar-refractivity contribution in [1.82, 2.24) is 5.32 Å². The molecule has 2 aromatic rings. The fraction of sp³-hybridized carbons (Fsp3) is 0.267. The monoisotopic (exact) mass is 306 g/mol. The number of nitrogens with two attached hydrogens (primary N) is 1. The number of nitrogen functional groups attached to an aromatic ring is 1. The number of rotatable bonds is 6. The largest absolute Gasteiger partial charge is 0.390 e. The van der Waals surface area contributed by atoms with E-state index in [0.717, 1.165) is 17.1 Å². The molecule has 0 aliphatic carbocycles. The highest BCUT2D eigenvalue weighted by molar-refractivity contribution is 7.97. The highest BCUT2D eigenvalue weighted by atomic mass is 32.2. The minimum atomic E-state index is -0.0814. The predicted molar refractivity (Wildman–Crippen MR) is 88.4 cm³/mol. The molecule has 1 aromatic heterocycles. The maximum atomic E-state index is 12.1. The lowest BCUT2D eigenvalue weighted by Crippen LogP contribution is -2.25. The molecule has 106 valence electrons. The quantitative estimate of drug-likeness (QED) is 0.862. The molecule has 0 saturated heterocycles. The Kier molecular flexibility index (Phi) is 5.49. The number of nitrogens with one attached hydrogen (secondary N) is 1. The Morgan fingerprint density at radius 1 is 1.35 bits per heavy atom. The summed E-state index contributed by atoms with van der Waals surface area (Å²) in [5.41, 5.74) is 7.72. The molecule has 1 heterocycles. The van der Waals surface area contributed by atoms with Gasteiger partial charge in [-0.15, -0.1) is 11.3 Å². The van der Waals surface area contributed by atoms with Gasteiger partial charge in [0, 0.05) is 17.2 Å². The summed E-state index contributed by atoms with van der Waals surface area (Å²) in [7, 11) is 0. The third-order valence-corrected chi connectivity index (χ3v) is 4.63. The van der Waals surface area contributed by atoms with Crippen LogP contribution in [-0.4, -0.2) is 18.7 Å². The molecule has 0 radical (unpaired) electrons. The molecular formula is C15H18N2OS2. The topological polar surface area (TPSA) is 55.1 Å². The number of benzene rings is 1. The molecule has 0 atom stereocenters. The predicted octanol–water partition coefficient (Wildman–Crippen LogP) is 3.17. The van der Waals surface area contributed by atoms with Gasteiger partial charge in [-0.25, -0.2) is 0 Å². The summed E-state index contributed by atoms with van der Waals surface area (Å²) >= 11 is 3.22. The summed E-state index contributed by atoms with van der Waals surface area (Å²) in [4.78, 5) is 13.2. The lowest BCUT2D eigenvalue weighted by molar-refractivity contribution is 0.0955. The molecule has 0 bridgehead atoms. The van der Waals surface area contributed by atoms with E-state index in [1.165, 1.54) is 16.9 Å². The minimum absolute atomic E-state index is 0.0814. The zero-order valence-electron chi connectivity index (χ0n) is 11.4. The number of thiophene rings is 1.